The molecule has 0 saturated carbocycles. The van der Waals surface area contributed by atoms with Gasteiger partial charge in [0.05, 0.1) is 11.6 Å². The van der Waals surface area contributed by atoms with E-state index in [0.29, 0.717) is 34.5 Å². The highest BCUT2D eigenvalue weighted by atomic mass is 16.2. The van der Waals surface area contributed by atoms with Crippen LogP contribution in [0, 0.1) is 27.7 Å². The molecule has 42 heavy (non-hydrogen) atoms. The summed E-state index contributed by atoms with van der Waals surface area (Å²) in [5.74, 6) is -0.397. The van der Waals surface area contributed by atoms with Gasteiger partial charge in [-0.2, -0.15) is 0 Å². The minimum absolute atomic E-state index is 0.167. The number of nitrogens with one attached hydrogen (secondary N) is 3. The molecule has 4 rings (SSSR count). The van der Waals surface area contributed by atoms with Crippen LogP contribution in [0.25, 0.3) is 11.6 Å². The molecule has 3 aromatic carbocycles. The lowest BCUT2D eigenvalue weighted by Gasteiger charge is -2.15. The molecule has 0 saturated heterocycles. The molecule has 3 N–H and O–H groups in total. The molecule has 1 unspecified atom stereocenters. The number of hydrogen-bond donors (Lipinski definition) is 3. The predicted octanol–water partition coefficient (Wildman–Crippen LogP) is 7.44. The lowest BCUT2D eigenvalue weighted by molar-refractivity contribution is -0.103. The minimum atomic E-state index is -0.220. The van der Waals surface area contributed by atoms with Gasteiger partial charge in [0.1, 0.15) is 0 Å². The molecule has 218 valence electrons. The van der Waals surface area contributed by atoms with E-state index >= 15 is 0 Å². The first-order valence-electron chi connectivity index (χ1n) is 14.3. The lowest BCUT2D eigenvalue weighted by atomic mass is 9.96. The number of aldehydes is 1. The van der Waals surface area contributed by atoms with E-state index in [0.717, 1.165) is 39.8 Å². The van der Waals surface area contributed by atoms with Crippen LogP contribution in [0.5, 0.6) is 0 Å². The molecule has 0 spiro atoms. The Labute approximate surface area is 249 Å². The van der Waals surface area contributed by atoms with Gasteiger partial charge in [0.25, 0.3) is 11.8 Å². The summed E-state index contributed by atoms with van der Waals surface area (Å²) in [5.41, 5.74) is 8.29. The van der Waals surface area contributed by atoms with E-state index in [-0.39, 0.29) is 17.9 Å². The molecule has 2 amide bonds. The molecule has 0 aliphatic carbocycles. The van der Waals surface area contributed by atoms with Crippen LogP contribution in [0.1, 0.15) is 92.3 Å². The number of aromatic nitrogens is 1. The van der Waals surface area contributed by atoms with E-state index in [1.165, 1.54) is 0 Å². The molecule has 4 aromatic rings. The molecular formula is C36H41N3O3. The number of H-pyrrole nitrogens is 1. The average Bonchev–Trinajstić information content (AvgIpc) is 3.29. The summed E-state index contributed by atoms with van der Waals surface area (Å²) < 4.78 is 0. The summed E-state index contributed by atoms with van der Waals surface area (Å²) in [5, 5.41) is 6.04. The highest BCUT2D eigenvalue weighted by molar-refractivity contribution is 6.14. The summed E-state index contributed by atoms with van der Waals surface area (Å²) in [7, 11) is 0. The summed E-state index contributed by atoms with van der Waals surface area (Å²) >= 11 is 0. The van der Waals surface area contributed by atoms with Crippen molar-refractivity contribution in [3.63, 3.8) is 0 Å². The first kappa shape index (κ1) is 31.8. The topological polar surface area (TPSA) is 91.1 Å². The van der Waals surface area contributed by atoms with Crippen LogP contribution < -0.4 is 10.6 Å². The van der Waals surface area contributed by atoms with Gasteiger partial charge in [-0.3, -0.25) is 14.4 Å². The molecular weight excluding hydrogens is 522 g/mol. The smallest absolute Gasteiger partial charge is 0.253 e. The van der Waals surface area contributed by atoms with Gasteiger partial charge >= 0.3 is 0 Å². The van der Waals surface area contributed by atoms with Crippen molar-refractivity contribution >= 4 is 29.7 Å². The number of allylic oxidation sites excluding steroid dienone is 1. The van der Waals surface area contributed by atoms with Crippen LogP contribution in [-0.2, 0) is 11.3 Å². The Morgan fingerprint density at radius 3 is 2.19 bits per heavy atom. The number of benzene rings is 3. The van der Waals surface area contributed by atoms with Crippen molar-refractivity contribution in [2.75, 3.05) is 0 Å². The van der Waals surface area contributed by atoms with Gasteiger partial charge in [-0.15, -0.1) is 0 Å². The van der Waals surface area contributed by atoms with E-state index in [1.54, 1.807) is 18.2 Å². The fourth-order valence-corrected chi connectivity index (χ4v) is 4.84. The van der Waals surface area contributed by atoms with Crippen molar-refractivity contribution < 1.29 is 14.4 Å². The number of hydrogen-bond acceptors (Lipinski definition) is 3. The van der Waals surface area contributed by atoms with Gasteiger partial charge in [0, 0.05) is 29.1 Å². The highest BCUT2D eigenvalue weighted by Crippen LogP contribution is 2.26. The lowest BCUT2D eigenvalue weighted by Crippen LogP contribution is -2.26. The third-order valence-electron chi connectivity index (χ3n) is 7.29. The van der Waals surface area contributed by atoms with Crippen LogP contribution in [-0.4, -0.2) is 23.1 Å². The van der Waals surface area contributed by atoms with Crippen molar-refractivity contribution in [1.29, 1.82) is 0 Å². The van der Waals surface area contributed by atoms with Crippen molar-refractivity contribution in [2.24, 2.45) is 0 Å². The monoisotopic (exact) mass is 563 g/mol. The Bertz CT molecular complexity index is 1580. The van der Waals surface area contributed by atoms with E-state index in [1.807, 2.05) is 109 Å². The third-order valence-corrected chi connectivity index (χ3v) is 7.29. The second kappa shape index (κ2) is 14.8. The van der Waals surface area contributed by atoms with Gasteiger partial charge in [0.15, 0.2) is 6.29 Å². The normalized spacial score (nSPS) is 11.6. The summed E-state index contributed by atoms with van der Waals surface area (Å²) in [4.78, 5) is 41.7. The maximum absolute atomic E-state index is 13.1. The molecule has 1 atom stereocenters. The molecule has 0 aliphatic heterocycles. The second-order valence-corrected chi connectivity index (χ2v) is 10.1. The summed E-state index contributed by atoms with van der Waals surface area (Å²) in [6.07, 6.45) is 2.52. The minimum Gasteiger partial charge on any atom is -0.358 e. The molecule has 0 bridgehead atoms. The molecule has 6 nitrogen and oxygen atoms in total. The van der Waals surface area contributed by atoms with Crippen LogP contribution in [0.3, 0.4) is 0 Å². The predicted molar refractivity (Wildman–Crippen MR) is 171 cm³/mol. The highest BCUT2D eigenvalue weighted by Gasteiger charge is 2.19. The Hall–Kier alpha value is -4.71. The molecule has 6 heteroatoms. The average molecular weight is 564 g/mol. The van der Waals surface area contributed by atoms with Gasteiger partial charge in [0.2, 0.25) is 0 Å². The van der Waals surface area contributed by atoms with E-state index in [2.05, 4.69) is 15.6 Å². The Morgan fingerprint density at radius 1 is 0.857 bits per heavy atom. The first-order chi connectivity index (χ1) is 20.2. The van der Waals surface area contributed by atoms with E-state index in [9.17, 15) is 14.4 Å². The zero-order valence-corrected chi connectivity index (χ0v) is 25.6. The van der Waals surface area contributed by atoms with Crippen molar-refractivity contribution in [3.05, 3.63) is 129 Å². The van der Waals surface area contributed by atoms with Crippen LogP contribution >= 0.6 is 0 Å². The van der Waals surface area contributed by atoms with E-state index in [4.69, 9.17) is 0 Å². The fourth-order valence-electron chi connectivity index (χ4n) is 4.84. The summed E-state index contributed by atoms with van der Waals surface area (Å²) in [6, 6.07) is 22.9. The Balaban J connectivity index is 0.00000237. The second-order valence-electron chi connectivity index (χ2n) is 10.1. The van der Waals surface area contributed by atoms with Gasteiger partial charge < -0.3 is 15.6 Å². The molecule has 1 aromatic heterocycles. The van der Waals surface area contributed by atoms with Crippen LogP contribution in [0.4, 0.5) is 0 Å². The maximum atomic E-state index is 13.1. The standard InChI is InChI=1S/C34H35N3O3.C2H6/c1-21-11-9-10-14-28(21)19-35-34(40)32-23(3)31(36-25(32)5)18-29(20-38)30-17-27(16-15-22(30)2)33(39)37-24(4)26-12-7-6-8-13-26;1-2/h6-18,20,24,36H,19H2,1-5H3,(H,35,40)(H,37,39);1-2H3/b29-18+;. The number of carbonyl (C=O) groups is 3. The summed E-state index contributed by atoms with van der Waals surface area (Å²) in [6.45, 7) is 14.0. The third kappa shape index (κ3) is 7.52. The number of amides is 2. The zero-order valence-electron chi connectivity index (χ0n) is 25.6. The van der Waals surface area contributed by atoms with Gasteiger partial charge in [-0.05, 0) is 86.2 Å². The number of carbonyl (C=O) groups excluding carboxylic acids is 3. The number of rotatable bonds is 9. The SMILES string of the molecule is CC.Cc1ccccc1CNC(=O)c1c(C)[nH]c(/C=C(\C=O)c2cc(C(=O)NC(C)c3ccccc3)ccc2C)c1C. The quantitative estimate of drug-likeness (QED) is 0.146. The Morgan fingerprint density at radius 2 is 1.52 bits per heavy atom. The molecule has 0 fully saturated rings. The van der Waals surface area contributed by atoms with Crippen LogP contribution in [0.15, 0.2) is 72.8 Å². The molecule has 0 radical (unpaired) electrons. The van der Waals surface area contributed by atoms with Gasteiger partial charge in [-0.1, -0.05) is 74.5 Å². The van der Waals surface area contributed by atoms with Crippen molar-refractivity contribution in [1.82, 2.24) is 15.6 Å². The van der Waals surface area contributed by atoms with E-state index < -0.39 is 0 Å². The van der Waals surface area contributed by atoms with Crippen molar-refractivity contribution in [3.8, 4) is 0 Å². The maximum Gasteiger partial charge on any atom is 0.253 e. The van der Waals surface area contributed by atoms with Gasteiger partial charge in [-0.25, -0.2) is 0 Å². The molecule has 1 heterocycles. The molecule has 0 aliphatic rings. The van der Waals surface area contributed by atoms with Crippen LogP contribution in [0.2, 0.25) is 0 Å². The fraction of sp³-hybridized carbons (Fsp3) is 0.250. The first-order valence-corrected chi connectivity index (χ1v) is 14.3. The van der Waals surface area contributed by atoms with Crippen molar-refractivity contribution in [2.45, 2.75) is 61.1 Å². The largest absolute Gasteiger partial charge is 0.358 e. The zero-order chi connectivity index (χ0) is 30.8. The number of aryl methyl sites for hydroxylation is 3. The Kier molecular flexibility index (Phi) is 11.2. The number of aromatic amines is 1.